The van der Waals surface area contributed by atoms with Gasteiger partial charge in [-0.15, -0.1) is 0 Å². The largest absolute Gasteiger partial charge is 0.394 e. The molecule has 0 bridgehead atoms. The van der Waals surface area contributed by atoms with Gasteiger partial charge in [0.25, 0.3) is 0 Å². The van der Waals surface area contributed by atoms with Gasteiger partial charge in [0.1, 0.15) is 78.6 Å². The number of carbonyl (C=O) groups excluding carboxylic acids is 7. The number of hydrogen-bond acceptors (Lipinski definition) is 33. The van der Waals surface area contributed by atoms with Crippen molar-refractivity contribution in [2.75, 3.05) is 205 Å². The smallest absolute Gasteiger partial charge is 0.222 e. The van der Waals surface area contributed by atoms with Crippen LogP contribution in [0, 0.1) is 0 Å². The minimum absolute atomic E-state index is 0.0306. The molecule has 3 saturated heterocycles. The molecule has 16 N–H and O–H groups in total. The predicted octanol–water partition coefficient (Wildman–Crippen LogP) is -9.17. The fourth-order valence-electron chi connectivity index (χ4n) is 9.94. The van der Waals surface area contributed by atoms with Crippen molar-refractivity contribution in [1.29, 1.82) is 0 Å². The molecule has 3 fully saturated rings. The molecule has 0 aromatic carbocycles. The first-order valence-electron chi connectivity index (χ1n) is 34.1. The van der Waals surface area contributed by atoms with Gasteiger partial charge in [-0.3, -0.25) is 33.6 Å². The van der Waals surface area contributed by atoms with E-state index in [4.69, 9.17) is 80.5 Å². The monoisotopic (exact) mass is 1480 g/mol. The summed E-state index contributed by atoms with van der Waals surface area (Å²) in [6, 6.07) is -3.29. The van der Waals surface area contributed by atoms with Crippen molar-refractivity contribution in [2.24, 2.45) is 0 Å². The number of aliphatic hydroxyl groups excluding tert-OH is 9. The van der Waals surface area contributed by atoms with Crippen LogP contribution >= 0.6 is 0 Å². The van der Waals surface area contributed by atoms with Crippen molar-refractivity contribution in [3.63, 3.8) is 0 Å². The van der Waals surface area contributed by atoms with Gasteiger partial charge < -0.3 is 164 Å². The first-order chi connectivity index (χ1) is 49.1. The quantitative estimate of drug-likeness (QED) is 0.0252. The summed E-state index contributed by atoms with van der Waals surface area (Å²) in [5.41, 5.74) is -1.44. The van der Waals surface area contributed by atoms with Crippen molar-refractivity contribution < 1.29 is 160 Å². The molecule has 0 radical (unpaired) electrons. The summed E-state index contributed by atoms with van der Waals surface area (Å²) in [5, 5.41) is 109. The van der Waals surface area contributed by atoms with Gasteiger partial charge in [-0.25, -0.2) is 0 Å². The highest BCUT2D eigenvalue weighted by atomic mass is 16.7. The Kier molecular flexibility index (Phi) is 49.1. The normalized spacial score (nSPS) is 25.6. The van der Waals surface area contributed by atoms with E-state index in [1.807, 2.05) is 6.92 Å². The second-order valence-corrected chi connectivity index (χ2v) is 23.4. The van der Waals surface area contributed by atoms with E-state index >= 15 is 0 Å². The predicted molar refractivity (Wildman–Crippen MR) is 347 cm³/mol. The van der Waals surface area contributed by atoms with Crippen LogP contribution in [0.3, 0.4) is 0 Å². The molecule has 0 aromatic heterocycles. The Morgan fingerprint density at radius 2 is 0.588 bits per heavy atom. The lowest BCUT2D eigenvalue weighted by Crippen LogP contribution is -2.64. The van der Waals surface area contributed by atoms with Crippen LogP contribution in [0.4, 0.5) is 0 Å². The first kappa shape index (κ1) is 91.5. The van der Waals surface area contributed by atoms with E-state index in [-0.39, 0.29) is 215 Å². The van der Waals surface area contributed by atoms with E-state index in [9.17, 15) is 79.5 Å². The van der Waals surface area contributed by atoms with E-state index < -0.39 is 141 Å². The fraction of sp³-hybridized carbons (Fsp3) is 0.887. The molecule has 3 aliphatic rings. The molecule has 594 valence electrons. The lowest BCUT2D eigenvalue weighted by Gasteiger charge is -2.42. The van der Waals surface area contributed by atoms with Crippen LogP contribution in [0.1, 0.15) is 53.4 Å². The number of hydrogen-bond donors (Lipinski definition) is 16. The minimum Gasteiger partial charge on any atom is -0.394 e. The Morgan fingerprint density at radius 1 is 0.333 bits per heavy atom. The van der Waals surface area contributed by atoms with Gasteiger partial charge in [-0.05, 0) is 6.92 Å². The highest BCUT2D eigenvalue weighted by Gasteiger charge is 2.48. The van der Waals surface area contributed by atoms with Crippen LogP contribution in [0.15, 0.2) is 0 Å². The lowest BCUT2D eigenvalue weighted by atomic mass is 9.97. The highest BCUT2D eigenvalue weighted by molar-refractivity contribution is 5.78. The number of aliphatic hydroxyl groups is 9. The average Bonchev–Trinajstić information content (AvgIpc) is 0.824. The molecule has 0 saturated carbocycles. The zero-order valence-electron chi connectivity index (χ0n) is 58.7. The number of ether oxygens (including phenoxy) is 17. The van der Waals surface area contributed by atoms with Gasteiger partial charge in [-0.2, -0.15) is 0 Å². The van der Waals surface area contributed by atoms with Gasteiger partial charge in [-0.1, -0.05) is 0 Å². The molecule has 3 heterocycles. The Bertz CT molecular complexity index is 2080. The van der Waals surface area contributed by atoms with E-state index in [1.165, 1.54) is 20.8 Å². The summed E-state index contributed by atoms with van der Waals surface area (Å²) in [5.74, 6) is -3.12. The van der Waals surface area contributed by atoms with E-state index in [1.54, 1.807) is 0 Å². The molecule has 102 heavy (non-hydrogen) atoms. The summed E-state index contributed by atoms with van der Waals surface area (Å²) >= 11 is 0. The van der Waals surface area contributed by atoms with E-state index in [0.29, 0.717) is 13.2 Å². The minimum atomic E-state index is -1.46. The highest BCUT2D eigenvalue weighted by Crippen LogP contribution is 2.25. The Labute approximate surface area is 592 Å². The Balaban J connectivity index is 1.48. The summed E-state index contributed by atoms with van der Waals surface area (Å²) in [4.78, 5) is 87.3. The molecule has 3 rings (SSSR count). The maximum Gasteiger partial charge on any atom is 0.222 e. The van der Waals surface area contributed by atoms with Crippen LogP contribution in [-0.4, -0.2) is 389 Å². The Hall–Kier alpha value is -4.75. The van der Waals surface area contributed by atoms with Crippen molar-refractivity contribution >= 4 is 41.4 Å². The fourth-order valence-corrected chi connectivity index (χ4v) is 9.94. The third kappa shape index (κ3) is 38.0. The third-order valence-electron chi connectivity index (χ3n) is 15.1. The average molecular weight is 1480 g/mol. The number of carbonyl (C=O) groups is 7. The van der Waals surface area contributed by atoms with Crippen LogP contribution in [0.5, 0.6) is 0 Å². The summed E-state index contributed by atoms with van der Waals surface area (Å²) in [7, 11) is 0. The van der Waals surface area contributed by atoms with E-state index in [0.717, 1.165) is 0 Å². The zero-order valence-corrected chi connectivity index (χ0v) is 58.7. The number of nitrogens with one attached hydrogen (secondary N) is 7. The van der Waals surface area contributed by atoms with Crippen LogP contribution in [0.25, 0.3) is 0 Å². The topological polar surface area (TPSA) is 543 Å². The summed E-state index contributed by atoms with van der Waals surface area (Å²) in [6.45, 7) is 5.39. The molecular weight excluding hydrogens is 1370 g/mol. The van der Waals surface area contributed by atoms with E-state index in [2.05, 4.69) is 37.2 Å². The molecule has 15 atom stereocenters. The van der Waals surface area contributed by atoms with Crippen molar-refractivity contribution in [3.8, 4) is 0 Å². The zero-order chi connectivity index (χ0) is 74.9. The molecule has 0 aromatic rings. The third-order valence-corrected chi connectivity index (χ3v) is 15.1. The summed E-state index contributed by atoms with van der Waals surface area (Å²) in [6.07, 6.45) is -16.1. The summed E-state index contributed by atoms with van der Waals surface area (Å²) < 4.78 is 95.6. The SMILES string of the molecule is CCOCCOCCC(=O)NC(COCCC(=O)NCCOCCOCCOC1OC(CO)C(O)C(O)C1NC(C)=O)(COCCC(=O)NCCOCCOCCOC1OC(CO)C(O)C(O)C1NC(C)=O)COCCC(=O)NCCOCCOCCOC1OC(CO)C(O)C(O)C1NC(C)=O. The maximum absolute atomic E-state index is 13.6. The molecule has 0 aliphatic carbocycles. The number of amides is 7. The molecule has 40 heteroatoms. The lowest BCUT2D eigenvalue weighted by molar-refractivity contribution is -0.272. The molecule has 15 unspecified atom stereocenters. The van der Waals surface area contributed by atoms with Crippen LogP contribution in [-0.2, 0) is 114 Å². The molecule has 40 nitrogen and oxygen atoms in total. The standard InChI is InChI=1S/C62H113N7O33/c1-5-86-20-21-87-13-9-49(79)69-62(37-94-14-6-46(76)63-10-17-88-22-25-91-28-31-97-59-50(66-40(2)73)56(83)53(80)43(34-70)100-59,38-95-15-7-47(77)64-11-18-89-23-26-92-29-32-98-60-51(67-41(3)74)57(84)54(81)44(35-71)101-60)39-96-16-8-48(78)65-12-19-90-24-27-93-30-33-99-61-52(68-42(4)75)58(85)55(82)45(36-72)102-61/h43-45,50-61,70-72,80-85H,5-39H2,1-4H3,(H,63,76)(H,64,77)(H,65,78)(H,66,73)(H,67,74)(H,68,75)(H,69,79). The van der Waals surface area contributed by atoms with Crippen molar-refractivity contribution in [2.45, 2.75) is 151 Å². The molecular formula is C62H113N7O33. The van der Waals surface area contributed by atoms with Gasteiger partial charge in [0.05, 0.1) is 178 Å². The second kappa shape index (κ2) is 54.8. The van der Waals surface area contributed by atoms with Gasteiger partial charge >= 0.3 is 0 Å². The second-order valence-electron chi connectivity index (χ2n) is 23.4. The molecule has 3 aliphatic heterocycles. The van der Waals surface area contributed by atoms with Gasteiger partial charge in [0, 0.05) is 72.7 Å². The van der Waals surface area contributed by atoms with Crippen LogP contribution in [0.2, 0.25) is 0 Å². The van der Waals surface area contributed by atoms with Crippen molar-refractivity contribution in [3.05, 3.63) is 0 Å². The van der Waals surface area contributed by atoms with Crippen molar-refractivity contribution in [1.82, 2.24) is 37.2 Å². The maximum atomic E-state index is 13.6. The first-order valence-corrected chi connectivity index (χ1v) is 34.1. The molecule has 7 amide bonds. The number of rotatable bonds is 59. The molecule has 0 spiro atoms. The van der Waals surface area contributed by atoms with Gasteiger partial charge in [0.15, 0.2) is 18.9 Å². The Morgan fingerprint density at radius 3 is 0.873 bits per heavy atom. The van der Waals surface area contributed by atoms with Gasteiger partial charge in [0.2, 0.25) is 41.4 Å². The van der Waals surface area contributed by atoms with Crippen LogP contribution < -0.4 is 37.2 Å².